The first-order valence-corrected chi connectivity index (χ1v) is 8.07. The average Bonchev–Trinajstić information content (AvgIpc) is 3.19. The van der Waals surface area contributed by atoms with Gasteiger partial charge in [0.1, 0.15) is 11.4 Å². The summed E-state index contributed by atoms with van der Waals surface area (Å²) in [6.07, 6.45) is 1.92. The fraction of sp³-hybridized carbons (Fsp3) is 0.0476. The second-order valence-corrected chi connectivity index (χ2v) is 5.66. The van der Waals surface area contributed by atoms with Crippen molar-refractivity contribution in [2.75, 3.05) is 7.11 Å². The molecule has 0 saturated carbocycles. The van der Waals surface area contributed by atoms with Gasteiger partial charge in [0, 0.05) is 17.2 Å². The fourth-order valence-corrected chi connectivity index (χ4v) is 2.81. The van der Waals surface area contributed by atoms with Crippen LogP contribution in [0.25, 0.3) is 28.1 Å². The minimum Gasteiger partial charge on any atom is -0.496 e. The van der Waals surface area contributed by atoms with Gasteiger partial charge in [0.25, 0.3) is 0 Å². The fourth-order valence-electron chi connectivity index (χ4n) is 2.81. The maximum atomic E-state index is 5.59. The molecule has 25 heavy (non-hydrogen) atoms. The van der Waals surface area contributed by atoms with Crippen molar-refractivity contribution in [1.82, 2.24) is 15.0 Å². The molecule has 0 fully saturated rings. The van der Waals surface area contributed by atoms with E-state index in [9.17, 15) is 0 Å². The maximum Gasteiger partial charge on any atom is 0.128 e. The second-order valence-electron chi connectivity index (χ2n) is 5.66. The zero-order valence-electron chi connectivity index (χ0n) is 13.8. The third-order valence-corrected chi connectivity index (χ3v) is 4.10. The van der Waals surface area contributed by atoms with Gasteiger partial charge in [-0.05, 0) is 17.7 Å². The van der Waals surface area contributed by atoms with Gasteiger partial charge in [-0.1, -0.05) is 65.9 Å². The summed E-state index contributed by atoms with van der Waals surface area (Å²) in [5.41, 5.74) is 4.96. The highest BCUT2D eigenvalue weighted by Gasteiger charge is 2.10. The van der Waals surface area contributed by atoms with Crippen LogP contribution in [0.4, 0.5) is 0 Å². The van der Waals surface area contributed by atoms with Crippen molar-refractivity contribution in [2.45, 2.75) is 0 Å². The molecule has 0 aliphatic rings. The second kappa shape index (κ2) is 6.61. The minimum absolute atomic E-state index is 0.806. The predicted octanol–water partition coefficient (Wildman–Crippen LogP) is 4.61. The Kier molecular flexibility index (Phi) is 4.01. The van der Waals surface area contributed by atoms with Crippen LogP contribution in [0.1, 0.15) is 0 Å². The summed E-state index contributed by atoms with van der Waals surface area (Å²) in [4.78, 5) is 0. The van der Waals surface area contributed by atoms with Crippen LogP contribution in [0.15, 0.2) is 85.1 Å². The Bertz CT molecular complexity index is 978. The average molecular weight is 327 g/mol. The molecule has 3 aromatic carbocycles. The van der Waals surface area contributed by atoms with Crippen LogP contribution >= 0.6 is 0 Å². The van der Waals surface area contributed by atoms with Gasteiger partial charge in [-0.3, -0.25) is 0 Å². The number of aromatic nitrogens is 3. The lowest BCUT2D eigenvalue weighted by atomic mass is 10.0. The monoisotopic (exact) mass is 327 g/mol. The Morgan fingerprint density at radius 1 is 0.800 bits per heavy atom. The summed E-state index contributed by atoms with van der Waals surface area (Å²) < 4.78 is 7.36. The van der Waals surface area contributed by atoms with Gasteiger partial charge in [0.2, 0.25) is 0 Å². The molecule has 0 saturated heterocycles. The van der Waals surface area contributed by atoms with Gasteiger partial charge in [0.15, 0.2) is 0 Å². The van der Waals surface area contributed by atoms with Crippen LogP contribution in [0, 0.1) is 0 Å². The van der Waals surface area contributed by atoms with E-state index in [2.05, 4.69) is 22.4 Å². The van der Waals surface area contributed by atoms with Gasteiger partial charge in [-0.25, -0.2) is 4.68 Å². The standard InChI is InChI=1S/C21H17N3O/c1-25-21-14-18(12-13-19(21)16-8-4-2-5-9-16)24-15-20(22-23-24)17-10-6-3-7-11-17/h2-15H,1H3. The van der Waals surface area contributed by atoms with Crippen molar-refractivity contribution in [3.63, 3.8) is 0 Å². The van der Waals surface area contributed by atoms with Crippen LogP contribution < -0.4 is 4.74 Å². The summed E-state index contributed by atoms with van der Waals surface area (Å²) in [6, 6.07) is 26.2. The van der Waals surface area contributed by atoms with E-state index in [4.69, 9.17) is 4.74 Å². The van der Waals surface area contributed by atoms with Crippen molar-refractivity contribution in [3.8, 4) is 33.8 Å². The summed E-state index contributed by atoms with van der Waals surface area (Å²) in [5.74, 6) is 0.806. The normalized spacial score (nSPS) is 10.6. The van der Waals surface area contributed by atoms with E-state index in [-0.39, 0.29) is 0 Å². The van der Waals surface area contributed by atoms with Crippen molar-refractivity contribution in [1.29, 1.82) is 0 Å². The summed E-state index contributed by atoms with van der Waals surface area (Å²) in [5, 5.41) is 8.52. The number of rotatable bonds is 4. The molecule has 0 atom stereocenters. The molecule has 4 nitrogen and oxygen atoms in total. The largest absolute Gasteiger partial charge is 0.496 e. The van der Waals surface area contributed by atoms with Crippen LogP contribution in [0.2, 0.25) is 0 Å². The zero-order valence-corrected chi connectivity index (χ0v) is 13.8. The molecule has 4 heteroatoms. The minimum atomic E-state index is 0.806. The van der Waals surface area contributed by atoms with E-state index in [1.165, 1.54) is 0 Å². The molecule has 0 spiro atoms. The molecule has 122 valence electrons. The SMILES string of the molecule is COc1cc(-n2cc(-c3ccccc3)nn2)ccc1-c1ccccc1. The Hall–Kier alpha value is -3.40. The number of benzene rings is 3. The number of methoxy groups -OCH3 is 1. The summed E-state index contributed by atoms with van der Waals surface area (Å²) in [7, 11) is 1.68. The lowest BCUT2D eigenvalue weighted by Crippen LogP contribution is -1.97. The molecule has 0 amide bonds. The first-order chi connectivity index (χ1) is 12.3. The Labute approximate surface area is 146 Å². The third-order valence-electron chi connectivity index (χ3n) is 4.10. The van der Waals surface area contributed by atoms with Gasteiger partial charge < -0.3 is 4.74 Å². The quantitative estimate of drug-likeness (QED) is 0.549. The first-order valence-electron chi connectivity index (χ1n) is 8.07. The van der Waals surface area contributed by atoms with Crippen LogP contribution in [-0.4, -0.2) is 22.1 Å². The van der Waals surface area contributed by atoms with E-state index in [1.54, 1.807) is 11.8 Å². The Balaban J connectivity index is 1.71. The number of hydrogen-bond donors (Lipinski definition) is 0. The van der Waals surface area contributed by atoms with Gasteiger partial charge in [-0.15, -0.1) is 5.10 Å². The highest BCUT2D eigenvalue weighted by molar-refractivity contribution is 5.72. The van der Waals surface area contributed by atoms with Gasteiger partial charge >= 0.3 is 0 Å². The van der Waals surface area contributed by atoms with E-state index in [0.29, 0.717) is 0 Å². The highest BCUT2D eigenvalue weighted by Crippen LogP contribution is 2.31. The Morgan fingerprint density at radius 3 is 2.16 bits per heavy atom. The lowest BCUT2D eigenvalue weighted by molar-refractivity contribution is 0.416. The highest BCUT2D eigenvalue weighted by atomic mass is 16.5. The number of ether oxygens (including phenoxy) is 1. The number of hydrogen-bond acceptors (Lipinski definition) is 3. The van der Waals surface area contributed by atoms with E-state index in [1.807, 2.05) is 72.9 Å². The molecule has 4 rings (SSSR count). The smallest absolute Gasteiger partial charge is 0.128 e. The van der Waals surface area contributed by atoms with E-state index < -0.39 is 0 Å². The molecule has 0 aliphatic carbocycles. The van der Waals surface area contributed by atoms with Crippen molar-refractivity contribution >= 4 is 0 Å². The molecular formula is C21H17N3O. The van der Waals surface area contributed by atoms with Crippen molar-refractivity contribution in [2.24, 2.45) is 0 Å². The molecular weight excluding hydrogens is 310 g/mol. The molecule has 1 heterocycles. The predicted molar refractivity (Wildman–Crippen MR) is 98.8 cm³/mol. The van der Waals surface area contributed by atoms with Gasteiger partial charge in [-0.2, -0.15) is 0 Å². The molecule has 1 aromatic heterocycles. The summed E-state index contributed by atoms with van der Waals surface area (Å²) in [6.45, 7) is 0. The Morgan fingerprint density at radius 2 is 1.48 bits per heavy atom. The van der Waals surface area contributed by atoms with Crippen LogP contribution in [-0.2, 0) is 0 Å². The summed E-state index contributed by atoms with van der Waals surface area (Å²) >= 11 is 0. The van der Waals surface area contributed by atoms with E-state index >= 15 is 0 Å². The van der Waals surface area contributed by atoms with E-state index in [0.717, 1.165) is 33.8 Å². The molecule has 0 radical (unpaired) electrons. The van der Waals surface area contributed by atoms with Crippen molar-refractivity contribution in [3.05, 3.63) is 85.1 Å². The van der Waals surface area contributed by atoms with Crippen LogP contribution in [0.3, 0.4) is 0 Å². The first kappa shape index (κ1) is 15.1. The van der Waals surface area contributed by atoms with Crippen LogP contribution in [0.5, 0.6) is 5.75 Å². The molecule has 4 aromatic rings. The topological polar surface area (TPSA) is 39.9 Å². The maximum absolute atomic E-state index is 5.59. The van der Waals surface area contributed by atoms with Crippen molar-refractivity contribution < 1.29 is 4.74 Å². The molecule has 0 N–H and O–H groups in total. The molecule has 0 aliphatic heterocycles. The third kappa shape index (κ3) is 3.02. The zero-order chi connectivity index (χ0) is 17.1. The van der Waals surface area contributed by atoms with Gasteiger partial charge in [0.05, 0.1) is 19.0 Å². The number of nitrogens with zero attached hydrogens (tertiary/aromatic N) is 3. The lowest BCUT2D eigenvalue weighted by Gasteiger charge is -2.10. The molecule has 0 bridgehead atoms. The molecule has 0 unspecified atom stereocenters.